The number of carbonyl (C=O) groups excluding carboxylic acids is 1. The number of hydrogen-bond donors (Lipinski definition) is 1. The maximum Gasteiger partial charge on any atom is 0.314 e. The van der Waals surface area contributed by atoms with Crippen LogP contribution in [0.15, 0.2) is 48.5 Å². The van der Waals surface area contributed by atoms with E-state index in [0.29, 0.717) is 0 Å². The monoisotopic (exact) mass is 622 g/mol. The molecule has 0 amide bonds. The number of H-pyrrole nitrogens is 1. The second kappa shape index (κ2) is 13.9. The molecule has 1 N–H and O–H groups in total. The number of hydrogen-bond acceptors (Lipinski definition) is 4. The highest BCUT2D eigenvalue weighted by atomic mass is 16.5. The van der Waals surface area contributed by atoms with Crippen molar-refractivity contribution in [3.63, 3.8) is 0 Å². The topological polar surface area (TPSA) is 53.5 Å². The van der Waals surface area contributed by atoms with Crippen molar-refractivity contribution in [2.24, 2.45) is 11.8 Å². The van der Waals surface area contributed by atoms with Crippen molar-refractivity contribution in [1.29, 1.82) is 0 Å². The molecule has 4 atom stereocenters. The molecule has 7 rings (SSSR count). The second-order valence-corrected chi connectivity index (χ2v) is 14.4. The lowest BCUT2D eigenvalue weighted by molar-refractivity contribution is -0.143. The lowest BCUT2D eigenvalue weighted by Crippen LogP contribution is -2.37. The van der Waals surface area contributed by atoms with Crippen molar-refractivity contribution < 1.29 is 9.53 Å². The first-order valence-electron chi connectivity index (χ1n) is 18.3. The van der Waals surface area contributed by atoms with Crippen molar-refractivity contribution in [3.8, 4) is 0 Å². The number of nitrogens with one attached hydrogen (secondary N) is 1. The number of esters is 1. The zero-order valence-corrected chi connectivity index (χ0v) is 28.4. The van der Waals surface area contributed by atoms with Gasteiger partial charge in [-0.05, 0) is 99.6 Å². The number of aromatic amines is 1. The van der Waals surface area contributed by atoms with Crippen molar-refractivity contribution >= 4 is 27.8 Å². The number of rotatable bonds is 10. The summed E-state index contributed by atoms with van der Waals surface area (Å²) < 4.78 is 8.04. The highest BCUT2D eigenvalue weighted by Gasteiger charge is 2.39. The molecule has 3 aliphatic heterocycles. The minimum Gasteiger partial charge on any atom is -0.469 e. The van der Waals surface area contributed by atoms with E-state index in [4.69, 9.17) is 4.74 Å². The summed E-state index contributed by atoms with van der Waals surface area (Å²) in [4.78, 5) is 22.8. The van der Waals surface area contributed by atoms with E-state index in [1.165, 1.54) is 109 Å². The van der Waals surface area contributed by atoms with Gasteiger partial charge in [-0.3, -0.25) is 4.79 Å². The number of methoxy groups -OCH3 is 1. The van der Waals surface area contributed by atoms with Crippen LogP contribution in [0.3, 0.4) is 0 Å². The minimum absolute atomic E-state index is 0.0970. The number of carbonyl (C=O) groups is 1. The van der Waals surface area contributed by atoms with Crippen LogP contribution in [0, 0.1) is 11.8 Å². The van der Waals surface area contributed by atoms with E-state index in [2.05, 4.69) is 81.7 Å². The summed E-state index contributed by atoms with van der Waals surface area (Å²) >= 11 is 0. The molecule has 46 heavy (non-hydrogen) atoms. The number of benzene rings is 2. The van der Waals surface area contributed by atoms with Crippen LogP contribution in [0.1, 0.15) is 99.7 Å². The maximum absolute atomic E-state index is 13.5. The minimum atomic E-state index is -0.236. The van der Waals surface area contributed by atoms with Gasteiger partial charge in [-0.15, -0.1) is 0 Å². The average Bonchev–Trinajstić information content (AvgIpc) is 3.65. The number of piperidine rings is 2. The zero-order chi connectivity index (χ0) is 31.6. The van der Waals surface area contributed by atoms with Gasteiger partial charge in [-0.25, -0.2) is 0 Å². The van der Waals surface area contributed by atoms with Crippen LogP contribution >= 0.6 is 0 Å². The summed E-state index contributed by atoms with van der Waals surface area (Å²) in [6.07, 6.45) is 11.6. The first kappa shape index (κ1) is 31.5. The maximum atomic E-state index is 13.5. The Bertz CT molecular complexity index is 1650. The molecule has 2 aromatic carbocycles. The van der Waals surface area contributed by atoms with Crippen LogP contribution in [0.25, 0.3) is 21.8 Å². The first-order valence-corrected chi connectivity index (χ1v) is 18.3. The Hall–Kier alpha value is -3.09. The largest absolute Gasteiger partial charge is 0.469 e. The van der Waals surface area contributed by atoms with E-state index in [1.54, 1.807) is 7.11 Å². The van der Waals surface area contributed by atoms with Gasteiger partial charge in [0.15, 0.2) is 0 Å². The lowest BCUT2D eigenvalue weighted by Gasteiger charge is -2.34. The van der Waals surface area contributed by atoms with Gasteiger partial charge < -0.3 is 24.1 Å². The number of aromatic nitrogens is 2. The summed E-state index contributed by atoms with van der Waals surface area (Å²) in [6, 6.07) is 17.9. The summed E-state index contributed by atoms with van der Waals surface area (Å²) in [7, 11) is 1.55. The highest BCUT2D eigenvalue weighted by molar-refractivity contribution is 5.90. The highest BCUT2D eigenvalue weighted by Crippen LogP contribution is 2.46. The smallest absolute Gasteiger partial charge is 0.314 e. The Labute approximate surface area is 275 Å². The van der Waals surface area contributed by atoms with Gasteiger partial charge >= 0.3 is 5.97 Å². The van der Waals surface area contributed by atoms with Gasteiger partial charge in [0.1, 0.15) is 0 Å². The van der Waals surface area contributed by atoms with Gasteiger partial charge in [0.2, 0.25) is 0 Å². The standard InChI is InChI=1S/C40H54N4O2/c1-4-28-12-10-22-42(26-28)24-20-32-30-14-6-8-16-35(30)41-38(32)37-19-18-34(40(45)46-3)39-33(31-15-7-9-17-36(31)44(37)39)21-25-43-23-11-13-29(5-2)27-43/h6-9,14-17,28-29,34,37,41H,4-5,10-13,18-27H2,1-3H3. The molecule has 4 unspecified atom stereocenters. The predicted octanol–water partition coefficient (Wildman–Crippen LogP) is 8.09. The third kappa shape index (κ3) is 6.04. The molecule has 0 saturated carbocycles. The molecule has 2 fully saturated rings. The summed E-state index contributed by atoms with van der Waals surface area (Å²) in [6.45, 7) is 11.6. The Kier molecular flexibility index (Phi) is 9.55. The molecule has 0 bridgehead atoms. The summed E-state index contributed by atoms with van der Waals surface area (Å²) in [5, 5.41) is 2.66. The Morgan fingerprint density at radius 1 is 0.804 bits per heavy atom. The third-order valence-corrected chi connectivity index (χ3v) is 11.8. The molecular formula is C40H54N4O2. The molecule has 0 aliphatic carbocycles. The fourth-order valence-electron chi connectivity index (χ4n) is 9.25. The number of ether oxygens (including phenoxy) is 1. The molecule has 0 spiro atoms. The van der Waals surface area contributed by atoms with Gasteiger partial charge in [-0.2, -0.15) is 0 Å². The average molecular weight is 623 g/mol. The zero-order valence-electron chi connectivity index (χ0n) is 28.4. The van der Waals surface area contributed by atoms with E-state index in [-0.39, 0.29) is 17.9 Å². The molecular weight excluding hydrogens is 568 g/mol. The molecule has 2 aromatic heterocycles. The van der Waals surface area contributed by atoms with Crippen LogP contribution < -0.4 is 0 Å². The van der Waals surface area contributed by atoms with Crippen LogP contribution in [-0.4, -0.2) is 71.7 Å². The van der Waals surface area contributed by atoms with Crippen molar-refractivity contribution in [3.05, 3.63) is 71.0 Å². The normalized spacial score (nSPS) is 24.4. The predicted molar refractivity (Wildman–Crippen MR) is 189 cm³/mol. The van der Waals surface area contributed by atoms with Crippen LogP contribution in [-0.2, 0) is 22.4 Å². The van der Waals surface area contributed by atoms with E-state index < -0.39 is 0 Å². The van der Waals surface area contributed by atoms with Crippen molar-refractivity contribution in [2.45, 2.75) is 90.0 Å². The Balaban J connectivity index is 1.29. The number of likely N-dealkylation sites (tertiary alicyclic amines) is 2. The van der Waals surface area contributed by atoms with Crippen molar-refractivity contribution in [2.75, 3.05) is 46.4 Å². The molecule has 3 aliphatic rings. The third-order valence-electron chi connectivity index (χ3n) is 11.8. The number of para-hydroxylation sites is 2. The molecule has 6 nitrogen and oxygen atoms in total. The van der Waals surface area contributed by atoms with E-state index in [0.717, 1.165) is 50.6 Å². The number of fused-ring (bicyclic) bond motifs is 4. The fraction of sp³-hybridized carbons (Fsp3) is 0.575. The second-order valence-electron chi connectivity index (χ2n) is 14.4. The molecule has 5 heterocycles. The van der Waals surface area contributed by atoms with Crippen LogP contribution in [0.4, 0.5) is 0 Å². The van der Waals surface area contributed by atoms with Gasteiger partial charge in [0, 0.05) is 59.4 Å². The van der Waals surface area contributed by atoms with Gasteiger partial charge in [0.05, 0.1) is 19.1 Å². The molecule has 246 valence electrons. The van der Waals surface area contributed by atoms with Gasteiger partial charge in [-0.1, -0.05) is 63.1 Å². The van der Waals surface area contributed by atoms with E-state index in [1.807, 2.05) is 0 Å². The quantitative estimate of drug-likeness (QED) is 0.182. The van der Waals surface area contributed by atoms with E-state index in [9.17, 15) is 4.79 Å². The summed E-state index contributed by atoms with van der Waals surface area (Å²) in [5.74, 6) is 1.30. The molecule has 6 heteroatoms. The van der Waals surface area contributed by atoms with Gasteiger partial charge in [0.25, 0.3) is 0 Å². The summed E-state index contributed by atoms with van der Waals surface area (Å²) in [5.41, 5.74) is 7.82. The molecule has 0 radical (unpaired) electrons. The van der Waals surface area contributed by atoms with Crippen molar-refractivity contribution in [1.82, 2.24) is 19.4 Å². The lowest BCUT2D eigenvalue weighted by atomic mass is 9.86. The fourth-order valence-corrected chi connectivity index (χ4v) is 9.25. The van der Waals surface area contributed by atoms with Crippen LogP contribution in [0.2, 0.25) is 0 Å². The first-order chi connectivity index (χ1) is 22.6. The molecule has 2 saturated heterocycles. The Morgan fingerprint density at radius 2 is 1.43 bits per heavy atom. The Morgan fingerprint density at radius 3 is 2.11 bits per heavy atom. The van der Waals surface area contributed by atoms with Crippen LogP contribution in [0.5, 0.6) is 0 Å². The number of nitrogens with zero attached hydrogens (tertiary/aromatic N) is 3. The SMILES string of the molecule is CCC1CCCN(CCc2c(C3CCC(C(=O)OC)c4c(CCN5CCCC(CC)C5)c5ccccc5n43)[nH]c3ccccc23)C1. The molecule has 4 aromatic rings. The van der Waals surface area contributed by atoms with E-state index >= 15 is 0 Å².